The molecule has 0 aromatic heterocycles. The van der Waals surface area contributed by atoms with Crippen LogP contribution in [0.2, 0.25) is 5.02 Å². The van der Waals surface area contributed by atoms with Crippen molar-refractivity contribution in [3.63, 3.8) is 0 Å². The number of carbonyl (C=O) groups is 1. The topological polar surface area (TPSA) is 40.5 Å². The van der Waals surface area contributed by atoms with Gasteiger partial charge in [-0.15, -0.1) is 0 Å². The lowest BCUT2D eigenvalue weighted by Gasteiger charge is -2.34. The van der Waals surface area contributed by atoms with Crippen LogP contribution < -0.4 is 4.90 Å². The molecular formula is C16H20ClNO2. The Morgan fingerprint density at radius 2 is 2.25 bits per heavy atom. The molecule has 0 heterocycles. The normalized spacial score (nSPS) is 15.3. The molecule has 1 aliphatic carbocycles. The van der Waals surface area contributed by atoms with Crippen molar-refractivity contribution < 1.29 is 9.90 Å². The summed E-state index contributed by atoms with van der Waals surface area (Å²) in [5, 5.41) is 9.41. The molecule has 0 unspecified atom stereocenters. The van der Waals surface area contributed by atoms with Crippen LogP contribution in [-0.4, -0.2) is 24.2 Å². The molecule has 0 radical (unpaired) electrons. The van der Waals surface area contributed by atoms with E-state index < -0.39 is 5.97 Å². The third kappa shape index (κ3) is 3.76. The van der Waals surface area contributed by atoms with Gasteiger partial charge in [-0.1, -0.05) is 18.0 Å². The monoisotopic (exact) mass is 293 g/mol. The number of hydrogen-bond acceptors (Lipinski definition) is 2. The summed E-state index contributed by atoms with van der Waals surface area (Å²) in [6.45, 7) is 4.07. The smallest absolute Gasteiger partial charge is 0.328 e. The standard InChI is InChI=1S/C16H20ClNO2/c1-2-18(11-12-4-3-5-12)15-8-7-14(17)10-13(15)6-9-16(19)20/h6-10,12H,2-5,11H2,1H3,(H,19,20)/b9-6+. The molecule has 20 heavy (non-hydrogen) atoms. The summed E-state index contributed by atoms with van der Waals surface area (Å²) in [5.41, 5.74) is 1.92. The van der Waals surface area contributed by atoms with Crippen molar-refractivity contribution in [2.45, 2.75) is 26.2 Å². The van der Waals surface area contributed by atoms with Crippen LogP contribution in [0.1, 0.15) is 31.7 Å². The van der Waals surface area contributed by atoms with Gasteiger partial charge in [0.05, 0.1) is 0 Å². The first-order valence-corrected chi connectivity index (χ1v) is 7.43. The second-order valence-corrected chi connectivity index (χ2v) is 5.65. The van der Waals surface area contributed by atoms with Gasteiger partial charge in [-0.05, 0) is 55.5 Å². The summed E-state index contributed by atoms with van der Waals surface area (Å²) < 4.78 is 0. The molecule has 0 atom stereocenters. The number of benzene rings is 1. The van der Waals surface area contributed by atoms with E-state index in [2.05, 4.69) is 11.8 Å². The largest absolute Gasteiger partial charge is 0.478 e. The van der Waals surface area contributed by atoms with Crippen molar-refractivity contribution in [3.05, 3.63) is 34.9 Å². The third-order valence-corrected chi connectivity index (χ3v) is 4.06. The Kier molecular flexibility index (Phi) is 5.07. The van der Waals surface area contributed by atoms with E-state index in [1.807, 2.05) is 18.2 Å². The molecule has 0 aliphatic heterocycles. The van der Waals surface area contributed by atoms with Gasteiger partial charge < -0.3 is 10.0 Å². The Hall–Kier alpha value is -1.48. The van der Waals surface area contributed by atoms with Gasteiger partial charge in [0.25, 0.3) is 0 Å². The Balaban J connectivity index is 2.24. The Labute approximate surface area is 124 Å². The summed E-state index contributed by atoms with van der Waals surface area (Å²) in [4.78, 5) is 13.0. The first-order valence-electron chi connectivity index (χ1n) is 7.05. The van der Waals surface area contributed by atoms with E-state index >= 15 is 0 Å². The SMILES string of the molecule is CCN(CC1CCC1)c1ccc(Cl)cc1/C=C/C(=O)O. The minimum absolute atomic E-state index is 0.624. The zero-order chi connectivity index (χ0) is 14.5. The van der Waals surface area contributed by atoms with Gasteiger partial charge in [0.1, 0.15) is 0 Å². The van der Waals surface area contributed by atoms with Gasteiger partial charge in [-0.2, -0.15) is 0 Å². The molecule has 1 aromatic rings. The fourth-order valence-electron chi connectivity index (χ4n) is 2.49. The minimum atomic E-state index is -0.946. The van der Waals surface area contributed by atoms with Crippen LogP contribution >= 0.6 is 11.6 Å². The molecule has 4 heteroatoms. The predicted molar refractivity (Wildman–Crippen MR) is 83.3 cm³/mol. The zero-order valence-electron chi connectivity index (χ0n) is 11.7. The Morgan fingerprint density at radius 3 is 2.80 bits per heavy atom. The van der Waals surface area contributed by atoms with Gasteiger partial charge in [-0.3, -0.25) is 0 Å². The summed E-state index contributed by atoms with van der Waals surface area (Å²) in [6.07, 6.45) is 6.70. The predicted octanol–water partition coefficient (Wildman–Crippen LogP) is 4.06. The van der Waals surface area contributed by atoms with E-state index in [0.717, 1.165) is 36.3 Å². The second kappa shape index (κ2) is 6.80. The van der Waals surface area contributed by atoms with Gasteiger partial charge in [-0.25, -0.2) is 4.79 Å². The third-order valence-electron chi connectivity index (χ3n) is 3.82. The molecule has 0 saturated heterocycles. The first-order chi connectivity index (χ1) is 9.60. The molecule has 3 nitrogen and oxygen atoms in total. The second-order valence-electron chi connectivity index (χ2n) is 5.21. The lowest BCUT2D eigenvalue weighted by Crippen LogP contribution is -2.32. The summed E-state index contributed by atoms with van der Waals surface area (Å²) in [6, 6.07) is 5.66. The van der Waals surface area contributed by atoms with Crippen LogP contribution in [0.25, 0.3) is 6.08 Å². The molecule has 2 rings (SSSR count). The average Bonchev–Trinajstić information content (AvgIpc) is 2.36. The highest BCUT2D eigenvalue weighted by atomic mass is 35.5. The highest BCUT2D eigenvalue weighted by Crippen LogP contribution is 2.31. The maximum Gasteiger partial charge on any atom is 0.328 e. The zero-order valence-corrected chi connectivity index (χ0v) is 12.4. The van der Waals surface area contributed by atoms with E-state index in [4.69, 9.17) is 16.7 Å². The van der Waals surface area contributed by atoms with E-state index in [1.165, 1.54) is 19.3 Å². The van der Waals surface area contributed by atoms with Crippen molar-refractivity contribution >= 4 is 29.3 Å². The molecular weight excluding hydrogens is 274 g/mol. The van der Waals surface area contributed by atoms with E-state index in [-0.39, 0.29) is 0 Å². The number of rotatable bonds is 6. The highest BCUT2D eigenvalue weighted by molar-refractivity contribution is 6.30. The van der Waals surface area contributed by atoms with Gasteiger partial charge in [0.2, 0.25) is 0 Å². The van der Waals surface area contributed by atoms with Crippen LogP contribution in [0, 0.1) is 5.92 Å². The van der Waals surface area contributed by atoms with Crippen molar-refractivity contribution in [1.82, 2.24) is 0 Å². The fraction of sp³-hybridized carbons (Fsp3) is 0.438. The van der Waals surface area contributed by atoms with Crippen LogP contribution in [-0.2, 0) is 4.79 Å². The molecule has 1 aliphatic rings. The lowest BCUT2D eigenvalue weighted by molar-refractivity contribution is -0.131. The molecule has 0 amide bonds. The Bertz CT molecular complexity index is 509. The molecule has 1 fully saturated rings. The number of halogens is 1. The molecule has 1 saturated carbocycles. The summed E-state index contributed by atoms with van der Waals surface area (Å²) in [7, 11) is 0. The highest BCUT2D eigenvalue weighted by Gasteiger charge is 2.21. The fourth-order valence-corrected chi connectivity index (χ4v) is 2.67. The molecule has 108 valence electrons. The lowest BCUT2D eigenvalue weighted by atomic mass is 9.85. The molecule has 1 N–H and O–H groups in total. The number of carboxylic acid groups (broad SMARTS) is 1. The number of anilines is 1. The molecule has 0 bridgehead atoms. The average molecular weight is 294 g/mol. The van der Waals surface area contributed by atoms with E-state index in [0.29, 0.717) is 5.02 Å². The van der Waals surface area contributed by atoms with Crippen LogP contribution in [0.3, 0.4) is 0 Å². The van der Waals surface area contributed by atoms with Crippen LogP contribution in [0.15, 0.2) is 24.3 Å². The number of nitrogens with zero attached hydrogens (tertiary/aromatic N) is 1. The quantitative estimate of drug-likeness (QED) is 0.804. The number of carboxylic acids is 1. The molecule has 0 spiro atoms. The molecule has 1 aromatic carbocycles. The minimum Gasteiger partial charge on any atom is -0.478 e. The van der Waals surface area contributed by atoms with Crippen molar-refractivity contribution in [1.29, 1.82) is 0 Å². The van der Waals surface area contributed by atoms with Crippen LogP contribution in [0.4, 0.5) is 5.69 Å². The van der Waals surface area contributed by atoms with Crippen molar-refractivity contribution in [2.24, 2.45) is 5.92 Å². The number of hydrogen-bond donors (Lipinski definition) is 1. The summed E-state index contributed by atoms with van der Waals surface area (Å²) in [5.74, 6) is -0.181. The van der Waals surface area contributed by atoms with Gasteiger partial charge in [0, 0.05) is 29.9 Å². The first kappa shape index (κ1) is 14.9. The van der Waals surface area contributed by atoms with Crippen LogP contribution in [0.5, 0.6) is 0 Å². The van der Waals surface area contributed by atoms with E-state index in [1.54, 1.807) is 6.08 Å². The maximum absolute atomic E-state index is 10.7. The number of aliphatic carboxylic acids is 1. The van der Waals surface area contributed by atoms with E-state index in [9.17, 15) is 4.79 Å². The maximum atomic E-state index is 10.7. The Morgan fingerprint density at radius 1 is 1.50 bits per heavy atom. The summed E-state index contributed by atoms with van der Waals surface area (Å²) >= 11 is 6.02. The van der Waals surface area contributed by atoms with Crippen molar-refractivity contribution in [3.8, 4) is 0 Å². The van der Waals surface area contributed by atoms with Crippen molar-refractivity contribution in [2.75, 3.05) is 18.0 Å². The van der Waals surface area contributed by atoms with Gasteiger partial charge >= 0.3 is 5.97 Å². The van der Waals surface area contributed by atoms with Gasteiger partial charge in [0.15, 0.2) is 0 Å².